The van der Waals surface area contributed by atoms with E-state index in [1.54, 1.807) is 12.4 Å². The summed E-state index contributed by atoms with van der Waals surface area (Å²) in [5, 5.41) is 3.74. The third-order valence-corrected chi connectivity index (χ3v) is 4.88. The topological polar surface area (TPSA) is 87.0 Å². The number of aromatic nitrogens is 2. The van der Waals surface area contributed by atoms with Crippen molar-refractivity contribution < 1.29 is 9.18 Å². The standard InChI is InChI=1S/C16H21BrFN5O/c1-8(2)16(24)22-12-6-21-15-13(12)14(9(17)5-20-15)23-4-3-10(18)11(19)7-23/h5-6,8,10-11H,3-4,7,19H2,1-2H3,(H,20,21)(H,22,24)/t10-,11+/m1/s1. The van der Waals surface area contributed by atoms with Gasteiger partial charge in [0.25, 0.3) is 0 Å². The number of anilines is 2. The van der Waals surface area contributed by atoms with Gasteiger partial charge in [0.1, 0.15) is 11.8 Å². The van der Waals surface area contributed by atoms with Gasteiger partial charge in [0.05, 0.1) is 27.3 Å². The Morgan fingerprint density at radius 2 is 2.33 bits per heavy atom. The molecule has 2 atom stereocenters. The van der Waals surface area contributed by atoms with Gasteiger partial charge >= 0.3 is 0 Å². The number of hydrogen-bond donors (Lipinski definition) is 3. The molecule has 2 aromatic rings. The molecule has 0 bridgehead atoms. The first-order valence-corrected chi connectivity index (χ1v) is 8.78. The molecule has 6 nitrogen and oxygen atoms in total. The zero-order chi connectivity index (χ0) is 17.4. The summed E-state index contributed by atoms with van der Waals surface area (Å²) in [5.74, 6) is -0.199. The van der Waals surface area contributed by atoms with Gasteiger partial charge in [-0.15, -0.1) is 0 Å². The first-order chi connectivity index (χ1) is 11.4. The molecule has 0 saturated carbocycles. The van der Waals surface area contributed by atoms with E-state index in [2.05, 4.69) is 31.2 Å². The molecule has 0 aromatic carbocycles. The van der Waals surface area contributed by atoms with Crippen molar-refractivity contribution in [2.75, 3.05) is 23.3 Å². The van der Waals surface area contributed by atoms with Crippen LogP contribution in [-0.2, 0) is 4.79 Å². The number of alkyl halides is 1. The van der Waals surface area contributed by atoms with Gasteiger partial charge in [-0.1, -0.05) is 13.8 Å². The maximum Gasteiger partial charge on any atom is 0.226 e. The number of pyridine rings is 1. The fourth-order valence-corrected chi connectivity index (χ4v) is 3.45. The number of aromatic amines is 1. The van der Waals surface area contributed by atoms with Crippen LogP contribution in [0.2, 0.25) is 0 Å². The molecule has 130 valence electrons. The zero-order valence-electron chi connectivity index (χ0n) is 13.6. The van der Waals surface area contributed by atoms with Crippen LogP contribution in [0.4, 0.5) is 15.8 Å². The lowest BCUT2D eigenvalue weighted by atomic mass is 10.0. The quantitative estimate of drug-likeness (QED) is 0.742. The van der Waals surface area contributed by atoms with Gasteiger partial charge in [-0.05, 0) is 22.4 Å². The van der Waals surface area contributed by atoms with Crippen LogP contribution in [0.15, 0.2) is 16.9 Å². The molecule has 1 saturated heterocycles. The fraction of sp³-hybridized carbons (Fsp3) is 0.500. The molecule has 24 heavy (non-hydrogen) atoms. The predicted molar refractivity (Wildman–Crippen MR) is 97.0 cm³/mol. The average Bonchev–Trinajstić information content (AvgIpc) is 2.93. The summed E-state index contributed by atoms with van der Waals surface area (Å²) in [5.41, 5.74) is 8.13. The number of halogens is 2. The molecule has 1 aliphatic heterocycles. The van der Waals surface area contributed by atoms with Crippen molar-refractivity contribution in [1.29, 1.82) is 0 Å². The van der Waals surface area contributed by atoms with E-state index in [0.29, 0.717) is 30.8 Å². The molecule has 3 rings (SSSR count). The van der Waals surface area contributed by atoms with Gasteiger partial charge in [0.15, 0.2) is 0 Å². The van der Waals surface area contributed by atoms with Crippen molar-refractivity contribution in [3.05, 3.63) is 16.9 Å². The Kier molecular flexibility index (Phi) is 4.78. The molecule has 0 unspecified atom stereocenters. The van der Waals surface area contributed by atoms with E-state index in [9.17, 15) is 9.18 Å². The van der Waals surface area contributed by atoms with Crippen LogP contribution in [0, 0.1) is 5.92 Å². The summed E-state index contributed by atoms with van der Waals surface area (Å²) in [6.45, 7) is 4.66. The normalized spacial score (nSPS) is 21.5. The lowest BCUT2D eigenvalue weighted by molar-refractivity contribution is -0.118. The molecule has 2 aromatic heterocycles. The molecule has 0 spiro atoms. The van der Waals surface area contributed by atoms with E-state index in [-0.39, 0.29) is 11.8 Å². The SMILES string of the molecule is CC(C)C(=O)Nc1c[nH]c2ncc(Br)c(N3CC[C@@H](F)[C@@H](N)C3)c12. The van der Waals surface area contributed by atoms with E-state index >= 15 is 0 Å². The molecule has 0 aliphatic carbocycles. The van der Waals surface area contributed by atoms with E-state index in [1.165, 1.54) is 0 Å². The third-order valence-electron chi connectivity index (χ3n) is 4.30. The highest BCUT2D eigenvalue weighted by molar-refractivity contribution is 9.10. The van der Waals surface area contributed by atoms with E-state index in [0.717, 1.165) is 15.5 Å². The molecule has 1 fully saturated rings. The molecule has 3 heterocycles. The third kappa shape index (κ3) is 3.12. The van der Waals surface area contributed by atoms with Crippen molar-refractivity contribution in [2.45, 2.75) is 32.5 Å². The number of hydrogen-bond acceptors (Lipinski definition) is 4. The van der Waals surface area contributed by atoms with Crippen LogP contribution in [0.3, 0.4) is 0 Å². The van der Waals surface area contributed by atoms with E-state index < -0.39 is 12.2 Å². The van der Waals surface area contributed by atoms with Gasteiger partial charge in [-0.2, -0.15) is 0 Å². The molecule has 1 amide bonds. The van der Waals surface area contributed by atoms with Crippen LogP contribution < -0.4 is 16.0 Å². The Morgan fingerprint density at radius 1 is 1.58 bits per heavy atom. The largest absolute Gasteiger partial charge is 0.368 e. The second-order valence-corrected chi connectivity index (χ2v) is 7.29. The van der Waals surface area contributed by atoms with E-state index in [4.69, 9.17) is 5.73 Å². The molecule has 0 radical (unpaired) electrons. The molecular formula is C16H21BrFN5O. The number of piperidine rings is 1. The van der Waals surface area contributed by atoms with Gasteiger partial charge in [0, 0.05) is 31.4 Å². The lowest BCUT2D eigenvalue weighted by Gasteiger charge is -2.35. The molecule has 4 N–H and O–H groups in total. The summed E-state index contributed by atoms with van der Waals surface area (Å²) in [6, 6.07) is -0.526. The van der Waals surface area contributed by atoms with E-state index in [1.807, 2.05) is 18.7 Å². The second kappa shape index (κ2) is 6.68. The van der Waals surface area contributed by atoms with Crippen molar-refractivity contribution >= 4 is 44.2 Å². The predicted octanol–water partition coefficient (Wildman–Crippen LogP) is 2.80. The number of carbonyl (C=O) groups excluding carboxylic acids is 1. The summed E-state index contributed by atoms with van der Waals surface area (Å²) in [4.78, 5) is 21.6. The lowest BCUT2D eigenvalue weighted by Crippen LogP contribution is -2.50. The van der Waals surface area contributed by atoms with Crippen molar-refractivity contribution in [2.24, 2.45) is 11.7 Å². The summed E-state index contributed by atoms with van der Waals surface area (Å²) in [7, 11) is 0. The number of nitrogens with two attached hydrogens (primary N) is 1. The van der Waals surface area contributed by atoms with Crippen molar-refractivity contribution in [3.63, 3.8) is 0 Å². The highest BCUT2D eigenvalue weighted by atomic mass is 79.9. The molecule has 1 aliphatic rings. The van der Waals surface area contributed by atoms with Crippen LogP contribution >= 0.6 is 15.9 Å². The van der Waals surface area contributed by atoms with Crippen LogP contribution in [0.25, 0.3) is 11.0 Å². The summed E-state index contributed by atoms with van der Waals surface area (Å²) >= 11 is 3.54. The Bertz CT molecular complexity index is 762. The molecule has 8 heteroatoms. The van der Waals surface area contributed by atoms with Crippen LogP contribution in [0.1, 0.15) is 20.3 Å². The first-order valence-electron chi connectivity index (χ1n) is 7.99. The number of rotatable bonds is 3. The van der Waals surface area contributed by atoms with Crippen molar-refractivity contribution in [3.8, 4) is 0 Å². The highest BCUT2D eigenvalue weighted by Gasteiger charge is 2.29. The minimum Gasteiger partial charge on any atom is -0.368 e. The van der Waals surface area contributed by atoms with Gasteiger partial charge in [-0.3, -0.25) is 4.79 Å². The Balaban J connectivity index is 2.04. The van der Waals surface area contributed by atoms with Gasteiger partial charge in [0.2, 0.25) is 5.91 Å². The Morgan fingerprint density at radius 3 is 3.00 bits per heavy atom. The minimum absolute atomic E-state index is 0.0685. The first kappa shape index (κ1) is 17.2. The Hall–Kier alpha value is -1.67. The number of nitrogens with one attached hydrogen (secondary N) is 2. The zero-order valence-corrected chi connectivity index (χ0v) is 15.2. The second-order valence-electron chi connectivity index (χ2n) is 6.44. The summed E-state index contributed by atoms with van der Waals surface area (Å²) in [6.07, 6.45) is 2.84. The summed E-state index contributed by atoms with van der Waals surface area (Å²) < 4.78 is 14.5. The van der Waals surface area contributed by atoms with Crippen LogP contribution in [-0.4, -0.2) is 41.2 Å². The smallest absolute Gasteiger partial charge is 0.226 e. The average molecular weight is 398 g/mol. The highest BCUT2D eigenvalue weighted by Crippen LogP contribution is 2.39. The maximum absolute atomic E-state index is 13.7. The number of amides is 1. The van der Waals surface area contributed by atoms with Gasteiger partial charge < -0.3 is 20.9 Å². The van der Waals surface area contributed by atoms with Crippen molar-refractivity contribution in [1.82, 2.24) is 9.97 Å². The molecular weight excluding hydrogens is 377 g/mol. The fourth-order valence-electron chi connectivity index (χ4n) is 2.90. The number of H-pyrrole nitrogens is 1. The van der Waals surface area contributed by atoms with Gasteiger partial charge in [-0.25, -0.2) is 9.37 Å². The minimum atomic E-state index is -0.983. The maximum atomic E-state index is 13.7. The Labute approximate surface area is 148 Å². The number of fused-ring (bicyclic) bond motifs is 1. The van der Waals surface area contributed by atoms with Crippen LogP contribution in [0.5, 0.6) is 0 Å². The number of nitrogens with zero attached hydrogens (tertiary/aromatic N) is 2. The monoisotopic (exact) mass is 397 g/mol. The number of carbonyl (C=O) groups is 1.